The second-order valence-corrected chi connectivity index (χ2v) is 10.3. The number of hydrogen-bond acceptors (Lipinski definition) is 6. The molecule has 17 heteroatoms. The lowest BCUT2D eigenvalue weighted by Gasteiger charge is -2.33. The Morgan fingerprint density at radius 1 is 1.20 bits per heavy atom. The Morgan fingerprint density at radius 3 is 2.54 bits per heavy atom. The molecule has 9 nitrogen and oxygen atoms in total. The van der Waals surface area contributed by atoms with Crippen LogP contribution in [0, 0.1) is 11.8 Å². The van der Waals surface area contributed by atoms with Crippen LogP contribution in [0.5, 0.6) is 0 Å². The summed E-state index contributed by atoms with van der Waals surface area (Å²) in [6.07, 6.45) is -7.95. The molecule has 3 aromatic heterocycles. The smallest absolute Gasteiger partial charge is 0.363 e. The summed E-state index contributed by atoms with van der Waals surface area (Å²) >= 11 is 0. The predicted octanol–water partition coefficient (Wildman–Crippen LogP) is 4.64. The van der Waals surface area contributed by atoms with Gasteiger partial charge in [0.05, 0.1) is 24.1 Å². The van der Waals surface area contributed by atoms with Crippen LogP contribution in [-0.4, -0.2) is 49.7 Å². The summed E-state index contributed by atoms with van der Waals surface area (Å²) in [5, 5.41) is 11.4. The second kappa shape index (κ2) is 10.2. The van der Waals surface area contributed by atoms with Gasteiger partial charge >= 0.3 is 12.4 Å². The van der Waals surface area contributed by atoms with Gasteiger partial charge in [-0.15, -0.1) is 0 Å². The minimum absolute atomic E-state index is 0.0581. The monoisotopic (exact) mass is 594 g/mol. The van der Waals surface area contributed by atoms with Gasteiger partial charge in [0, 0.05) is 18.8 Å². The van der Waals surface area contributed by atoms with Gasteiger partial charge in [-0.3, -0.25) is 9.59 Å². The van der Waals surface area contributed by atoms with Gasteiger partial charge < -0.3 is 15.2 Å². The van der Waals surface area contributed by atoms with Crippen molar-refractivity contribution in [3.8, 4) is 0 Å². The van der Waals surface area contributed by atoms with Gasteiger partial charge in [0.2, 0.25) is 11.8 Å². The van der Waals surface area contributed by atoms with Gasteiger partial charge in [-0.05, 0) is 43.2 Å². The molecule has 222 valence electrons. The Morgan fingerprint density at radius 2 is 1.90 bits per heavy atom. The lowest BCUT2D eigenvalue weighted by molar-refractivity contribution is -0.155. The highest BCUT2D eigenvalue weighted by molar-refractivity contribution is 5.95. The Balaban J connectivity index is 1.40. The van der Waals surface area contributed by atoms with Crippen LogP contribution in [0.25, 0.3) is 5.65 Å². The molecule has 3 aromatic rings. The number of carbonyl (C=O) groups excluding carboxylic acids is 2. The third-order valence-corrected chi connectivity index (χ3v) is 7.40. The molecule has 2 unspecified atom stereocenters. The van der Waals surface area contributed by atoms with Crippen LogP contribution in [0.1, 0.15) is 65.5 Å². The van der Waals surface area contributed by atoms with Crippen molar-refractivity contribution < 1.29 is 49.2 Å². The Hall–Kier alpha value is -3.79. The summed E-state index contributed by atoms with van der Waals surface area (Å²) in [5.74, 6) is -6.44. The Bertz CT molecular complexity index is 1440. The zero-order chi connectivity index (χ0) is 29.7. The zero-order valence-corrected chi connectivity index (χ0v) is 20.9. The van der Waals surface area contributed by atoms with Crippen molar-refractivity contribution in [2.24, 2.45) is 11.8 Å². The second-order valence-electron chi connectivity index (χ2n) is 10.3. The fraction of sp³-hybridized carbons (Fsp3) is 0.542. The number of carbonyl (C=O) groups is 2. The molecular formula is C24H22F8N6O3. The molecule has 2 N–H and O–H groups in total. The molecule has 0 radical (unpaired) electrons. The first-order valence-electron chi connectivity index (χ1n) is 12.5. The van der Waals surface area contributed by atoms with E-state index in [1.807, 2.05) is 5.32 Å². The Labute approximate surface area is 225 Å². The highest BCUT2D eigenvalue weighted by Crippen LogP contribution is 2.42. The number of halogens is 8. The van der Waals surface area contributed by atoms with Gasteiger partial charge in [0.15, 0.2) is 11.3 Å². The molecule has 0 aromatic carbocycles. The molecule has 5 rings (SSSR count). The van der Waals surface area contributed by atoms with Crippen LogP contribution in [0.4, 0.5) is 35.1 Å². The Kier molecular flexibility index (Phi) is 7.18. The number of hydrogen-bond donors (Lipinski definition) is 2. The fourth-order valence-corrected chi connectivity index (χ4v) is 5.26. The van der Waals surface area contributed by atoms with E-state index in [0.717, 1.165) is 0 Å². The van der Waals surface area contributed by atoms with E-state index in [9.17, 15) is 44.7 Å². The topological polar surface area (TPSA) is 114 Å². The minimum Gasteiger partial charge on any atom is -0.363 e. The summed E-state index contributed by atoms with van der Waals surface area (Å²) in [6, 6.07) is -1.57. The summed E-state index contributed by atoms with van der Waals surface area (Å²) in [5.41, 5.74) is -1.74. The molecule has 3 atom stereocenters. The first kappa shape index (κ1) is 28.7. The van der Waals surface area contributed by atoms with Gasteiger partial charge in [-0.2, -0.15) is 31.4 Å². The van der Waals surface area contributed by atoms with E-state index < -0.39 is 84.5 Å². The van der Waals surface area contributed by atoms with Crippen molar-refractivity contribution in [2.45, 2.75) is 68.9 Å². The average Bonchev–Trinajstić information content (AvgIpc) is 3.60. The van der Waals surface area contributed by atoms with Gasteiger partial charge in [-0.25, -0.2) is 18.3 Å². The van der Waals surface area contributed by atoms with Crippen LogP contribution in [0.15, 0.2) is 29.2 Å². The van der Waals surface area contributed by atoms with Crippen molar-refractivity contribution >= 4 is 17.5 Å². The number of nitrogens with one attached hydrogen (secondary N) is 2. The first-order chi connectivity index (χ1) is 19.1. The molecule has 1 aliphatic carbocycles. The highest BCUT2D eigenvalue weighted by Gasteiger charge is 2.48. The largest absolute Gasteiger partial charge is 0.437 e. The number of rotatable bonds is 6. The van der Waals surface area contributed by atoms with Gasteiger partial charge in [-0.1, -0.05) is 5.16 Å². The molecule has 1 saturated carbocycles. The van der Waals surface area contributed by atoms with Gasteiger partial charge in [0.25, 0.3) is 5.91 Å². The SMILES string of the molecule is O=C(NC(c1cn2ncc(CC3C[C@@H](C(F)(F)F)NC3=O)cc2n1)C1CCC(F)(F)CC1)c1conc1C(F)(F)F. The van der Waals surface area contributed by atoms with Crippen LogP contribution in [0.3, 0.4) is 0 Å². The third kappa shape index (κ3) is 6.12. The maximum Gasteiger partial charge on any atom is 0.437 e. The molecule has 4 heterocycles. The summed E-state index contributed by atoms with van der Waals surface area (Å²) in [4.78, 5) is 29.4. The molecule has 2 fully saturated rings. The normalized spacial score (nSPS) is 22.6. The average molecular weight is 594 g/mol. The van der Waals surface area contributed by atoms with Crippen molar-refractivity contribution in [1.29, 1.82) is 0 Å². The van der Waals surface area contributed by atoms with E-state index in [0.29, 0.717) is 11.8 Å². The molecular weight excluding hydrogens is 572 g/mol. The van der Waals surface area contributed by atoms with E-state index in [-0.39, 0.29) is 30.6 Å². The van der Waals surface area contributed by atoms with Crippen LogP contribution >= 0.6 is 0 Å². The maximum absolute atomic E-state index is 13.9. The van der Waals surface area contributed by atoms with Crippen molar-refractivity contribution in [3.05, 3.63) is 47.2 Å². The van der Waals surface area contributed by atoms with Crippen molar-refractivity contribution in [2.75, 3.05) is 0 Å². The van der Waals surface area contributed by atoms with Crippen LogP contribution < -0.4 is 10.6 Å². The third-order valence-electron chi connectivity index (χ3n) is 7.40. The summed E-state index contributed by atoms with van der Waals surface area (Å²) in [6.45, 7) is 0. The van der Waals surface area contributed by atoms with Crippen LogP contribution in [-0.2, 0) is 17.4 Å². The molecule has 2 aliphatic rings. The number of fused-ring (bicyclic) bond motifs is 1. The lowest BCUT2D eigenvalue weighted by atomic mass is 9.81. The van der Waals surface area contributed by atoms with E-state index in [1.54, 1.807) is 0 Å². The lowest BCUT2D eigenvalue weighted by Crippen LogP contribution is -2.38. The molecule has 0 bridgehead atoms. The van der Waals surface area contributed by atoms with Crippen molar-refractivity contribution in [3.63, 3.8) is 0 Å². The molecule has 2 amide bonds. The molecule has 1 aliphatic heterocycles. The first-order valence-corrected chi connectivity index (χ1v) is 12.5. The van der Waals surface area contributed by atoms with E-state index in [1.165, 1.54) is 23.0 Å². The molecule has 41 heavy (non-hydrogen) atoms. The van der Waals surface area contributed by atoms with Crippen LogP contribution in [0.2, 0.25) is 0 Å². The van der Waals surface area contributed by atoms with E-state index in [4.69, 9.17) is 0 Å². The predicted molar refractivity (Wildman–Crippen MR) is 121 cm³/mol. The zero-order valence-electron chi connectivity index (χ0n) is 20.9. The molecule has 1 saturated heterocycles. The maximum atomic E-state index is 13.9. The van der Waals surface area contributed by atoms with Gasteiger partial charge in [0.1, 0.15) is 17.9 Å². The number of alkyl halides is 8. The number of nitrogens with zero attached hydrogens (tertiary/aromatic N) is 4. The quantitative estimate of drug-likeness (QED) is 0.402. The summed E-state index contributed by atoms with van der Waals surface area (Å²) in [7, 11) is 0. The molecule has 0 spiro atoms. The van der Waals surface area contributed by atoms with E-state index >= 15 is 0 Å². The summed E-state index contributed by atoms with van der Waals surface area (Å²) < 4.78 is 112. The minimum atomic E-state index is -4.98. The highest BCUT2D eigenvalue weighted by atomic mass is 19.4. The standard InChI is InChI=1S/C24H22F8N6O3/c25-22(26)3-1-12(2-4-22)18(36-21(40)14-10-41-37-19(14)24(30,31)32)15-9-38-17(34-15)6-11(8-33-38)5-13-7-16(23(27,28)29)35-20(13)39/h6,8-10,12-13,16,18H,1-5,7H2,(H,35,39)(H,36,40)/t13?,16-,18?/m0/s1. The van der Waals surface area contributed by atoms with E-state index in [2.05, 4.69) is 25.1 Å². The number of imidazole rings is 1. The number of amides is 2. The fourth-order valence-electron chi connectivity index (χ4n) is 5.26. The number of aromatic nitrogens is 4. The van der Waals surface area contributed by atoms with Crippen molar-refractivity contribution in [1.82, 2.24) is 30.4 Å².